The third-order valence-electron chi connectivity index (χ3n) is 2.64. The van der Waals surface area contributed by atoms with Crippen LogP contribution in [0, 0.1) is 0 Å². The van der Waals surface area contributed by atoms with Gasteiger partial charge in [-0.1, -0.05) is 13.8 Å². The molecular formula is C13H19N5S. The molecule has 0 amide bonds. The summed E-state index contributed by atoms with van der Waals surface area (Å²) in [6.45, 7) is 5.72. The molecule has 0 bridgehead atoms. The second kappa shape index (κ2) is 6.58. The molecule has 0 spiro atoms. The van der Waals surface area contributed by atoms with Gasteiger partial charge in [0.2, 0.25) is 0 Å². The van der Waals surface area contributed by atoms with Crippen LogP contribution in [0.4, 0.5) is 5.82 Å². The molecule has 0 aliphatic carbocycles. The molecule has 19 heavy (non-hydrogen) atoms. The van der Waals surface area contributed by atoms with Crippen LogP contribution in [0.2, 0.25) is 0 Å². The fourth-order valence-electron chi connectivity index (χ4n) is 1.61. The minimum Gasteiger partial charge on any atom is -0.352 e. The first-order chi connectivity index (χ1) is 9.15. The van der Waals surface area contributed by atoms with Gasteiger partial charge in [0, 0.05) is 31.2 Å². The maximum absolute atomic E-state index is 4.60. The summed E-state index contributed by atoms with van der Waals surface area (Å²) in [5.41, 5.74) is 3.86. The van der Waals surface area contributed by atoms with E-state index in [0.29, 0.717) is 6.04 Å². The first-order valence-corrected chi connectivity index (χ1v) is 7.22. The quantitative estimate of drug-likeness (QED) is 0.876. The molecule has 102 valence electrons. The maximum Gasteiger partial charge on any atom is 0.147 e. The van der Waals surface area contributed by atoms with E-state index in [-0.39, 0.29) is 0 Å². The Kier molecular flexibility index (Phi) is 4.81. The Bertz CT molecular complexity index is 497. The molecule has 0 saturated carbocycles. The SMILES string of the molecule is CC(C)NCc1cncc(N(C)Cc2cscn2)n1. The number of nitrogens with zero attached hydrogens (tertiary/aromatic N) is 4. The van der Waals surface area contributed by atoms with E-state index in [1.165, 1.54) is 0 Å². The van der Waals surface area contributed by atoms with Crippen LogP contribution in [-0.2, 0) is 13.1 Å². The number of aromatic nitrogens is 3. The smallest absolute Gasteiger partial charge is 0.147 e. The zero-order valence-corrected chi connectivity index (χ0v) is 12.3. The molecule has 0 fully saturated rings. The molecule has 0 radical (unpaired) electrons. The molecule has 5 nitrogen and oxygen atoms in total. The average Bonchev–Trinajstić information content (AvgIpc) is 2.89. The van der Waals surface area contributed by atoms with Crippen molar-refractivity contribution in [2.45, 2.75) is 33.0 Å². The van der Waals surface area contributed by atoms with Crippen molar-refractivity contribution in [3.63, 3.8) is 0 Å². The van der Waals surface area contributed by atoms with Crippen molar-refractivity contribution < 1.29 is 0 Å². The van der Waals surface area contributed by atoms with Crippen LogP contribution >= 0.6 is 11.3 Å². The van der Waals surface area contributed by atoms with Crippen LogP contribution in [0.15, 0.2) is 23.3 Å². The first-order valence-electron chi connectivity index (χ1n) is 6.27. The molecule has 0 unspecified atom stereocenters. The maximum atomic E-state index is 4.60. The summed E-state index contributed by atoms with van der Waals surface area (Å²) in [7, 11) is 2.00. The highest BCUT2D eigenvalue weighted by molar-refractivity contribution is 7.07. The van der Waals surface area contributed by atoms with Crippen molar-refractivity contribution >= 4 is 17.2 Å². The van der Waals surface area contributed by atoms with E-state index in [9.17, 15) is 0 Å². The Morgan fingerprint density at radius 2 is 2.16 bits per heavy atom. The van der Waals surface area contributed by atoms with Gasteiger partial charge in [0.15, 0.2) is 0 Å². The van der Waals surface area contributed by atoms with Gasteiger partial charge in [-0.2, -0.15) is 0 Å². The van der Waals surface area contributed by atoms with Crippen molar-refractivity contribution in [3.8, 4) is 0 Å². The van der Waals surface area contributed by atoms with Crippen LogP contribution in [0.3, 0.4) is 0 Å². The molecule has 2 aromatic heterocycles. The molecule has 2 aromatic rings. The highest BCUT2D eigenvalue weighted by atomic mass is 32.1. The van der Waals surface area contributed by atoms with Gasteiger partial charge in [-0.15, -0.1) is 11.3 Å². The number of rotatable bonds is 6. The third kappa shape index (κ3) is 4.25. The molecule has 2 heterocycles. The fraction of sp³-hybridized carbons (Fsp3) is 0.462. The van der Waals surface area contributed by atoms with E-state index in [0.717, 1.165) is 30.3 Å². The van der Waals surface area contributed by atoms with Crippen molar-refractivity contribution in [1.29, 1.82) is 0 Å². The lowest BCUT2D eigenvalue weighted by molar-refractivity contribution is 0.580. The minimum atomic E-state index is 0.443. The zero-order chi connectivity index (χ0) is 13.7. The zero-order valence-electron chi connectivity index (χ0n) is 11.5. The molecule has 0 aliphatic heterocycles. The second-order valence-electron chi connectivity index (χ2n) is 4.74. The summed E-state index contributed by atoms with van der Waals surface area (Å²) in [5.74, 6) is 0.871. The predicted molar refractivity (Wildman–Crippen MR) is 78.2 cm³/mol. The van der Waals surface area contributed by atoms with Crippen molar-refractivity contribution in [2.24, 2.45) is 0 Å². The summed E-state index contributed by atoms with van der Waals surface area (Å²) < 4.78 is 0. The number of hydrogen-bond acceptors (Lipinski definition) is 6. The van der Waals surface area contributed by atoms with Gasteiger partial charge in [0.05, 0.1) is 29.6 Å². The highest BCUT2D eigenvalue weighted by Crippen LogP contribution is 2.12. The number of anilines is 1. The van der Waals surface area contributed by atoms with Gasteiger partial charge in [0.25, 0.3) is 0 Å². The van der Waals surface area contributed by atoms with Gasteiger partial charge in [0.1, 0.15) is 5.82 Å². The third-order valence-corrected chi connectivity index (χ3v) is 3.27. The van der Waals surface area contributed by atoms with Gasteiger partial charge >= 0.3 is 0 Å². The number of hydrogen-bond donors (Lipinski definition) is 1. The Balaban J connectivity index is 2.01. The molecule has 0 aromatic carbocycles. The summed E-state index contributed by atoms with van der Waals surface area (Å²) in [5, 5.41) is 5.39. The Morgan fingerprint density at radius 1 is 1.32 bits per heavy atom. The molecule has 0 atom stereocenters. The van der Waals surface area contributed by atoms with Crippen molar-refractivity contribution in [1.82, 2.24) is 20.3 Å². The van der Waals surface area contributed by atoms with Crippen LogP contribution in [0.1, 0.15) is 25.2 Å². The lowest BCUT2D eigenvalue weighted by atomic mass is 10.3. The Morgan fingerprint density at radius 3 is 2.84 bits per heavy atom. The largest absolute Gasteiger partial charge is 0.352 e. The predicted octanol–water partition coefficient (Wildman–Crippen LogP) is 2.07. The summed E-state index contributed by atoms with van der Waals surface area (Å²) in [6.07, 6.45) is 3.58. The lowest BCUT2D eigenvalue weighted by Crippen LogP contribution is -2.24. The van der Waals surface area contributed by atoms with Crippen LogP contribution in [-0.4, -0.2) is 28.0 Å². The summed E-state index contributed by atoms with van der Waals surface area (Å²) in [6, 6.07) is 0.443. The topological polar surface area (TPSA) is 53.9 Å². The Hall–Kier alpha value is -1.53. The van der Waals surface area contributed by atoms with E-state index >= 15 is 0 Å². The van der Waals surface area contributed by atoms with E-state index < -0.39 is 0 Å². The number of nitrogens with one attached hydrogen (secondary N) is 1. The van der Waals surface area contributed by atoms with E-state index in [1.807, 2.05) is 17.9 Å². The van der Waals surface area contributed by atoms with E-state index in [1.54, 1.807) is 23.7 Å². The van der Waals surface area contributed by atoms with Crippen LogP contribution in [0.25, 0.3) is 0 Å². The minimum absolute atomic E-state index is 0.443. The second-order valence-corrected chi connectivity index (χ2v) is 5.46. The van der Waals surface area contributed by atoms with Crippen LogP contribution in [0.5, 0.6) is 0 Å². The fourth-order valence-corrected chi connectivity index (χ4v) is 2.16. The molecule has 2 rings (SSSR count). The molecule has 1 N–H and O–H groups in total. The average molecular weight is 277 g/mol. The Labute approximate surface area is 117 Å². The summed E-state index contributed by atoms with van der Waals surface area (Å²) in [4.78, 5) is 15.2. The van der Waals surface area contributed by atoms with Gasteiger partial charge in [-0.3, -0.25) is 4.98 Å². The van der Waals surface area contributed by atoms with E-state index in [4.69, 9.17) is 0 Å². The van der Waals surface area contributed by atoms with Crippen molar-refractivity contribution in [3.05, 3.63) is 34.7 Å². The highest BCUT2D eigenvalue weighted by Gasteiger charge is 2.07. The van der Waals surface area contributed by atoms with Crippen LogP contribution < -0.4 is 10.2 Å². The first kappa shape index (κ1) is 13.9. The van der Waals surface area contributed by atoms with Crippen molar-refractivity contribution in [2.75, 3.05) is 11.9 Å². The van der Waals surface area contributed by atoms with E-state index in [2.05, 4.69) is 39.0 Å². The summed E-state index contributed by atoms with van der Waals surface area (Å²) >= 11 is 1.61. The lowest BCUT2D eigenvalue weighted by Gasteiger charge is -2.17. The number of thiazole rings is 1. The normalized spacial score (nSPS) is 10.9. The van der Waals surface area contributed by atoms with Gasteiger partial charge < -0.3 is 10.2 Å². The molecule has 6 heteroatoms. The molecule has 0 aliphatic rings. The standard InChI is InChI=1S/C13H19N5S/c1-10(2)15-5-11-4-14-6-13(17-11)18(3)7-12-8-19-9-16-12/h4,6,8-10,15H,5,7H2,1-3H3. The molecular weight excluding hydrogens is 258 g/mol. The molecule has 0 saturated heterocycles. The monoisotopic (exact) mass is 277 g/mol. The van der Waals surface area contributed by atoms with Gasteiger partial charge in [-0.05, 0) is 0 Å². The van der Waals surface area contributed by atoms with Gasteiger partial charge in [-0.25, -0.2) is 9.97 Å².